The van der Waals surface area contributed by atoms with Crippen LogP contribution in [0.15, 0.2) is 0 Å². The van der Waals surface area contributed by atoms with E-state index in [4.69, 9.17) is 9.84 Å². The molecule has 3 heterocycles. The molecule has 1 atom stereocenters. The highest BCUT2D eigenvalue weighted by molar-refractivity contribution is 7.88. The number of imide groups is 1. The Morgan fingerprint density at radius 2 is 1.81 bits per heavy atom. The van der Waals surface area contributed by atoms with Crippen LogP contribution in [-0.2, 0) is 47.0 Å². The van der Waals surface area contributed by atoms with Gasteiger partial charge < -0.3 is 20.3 Å². The number of hydrogen-bond donors (Lipinski definition) is 3. The van der Waals surface area contributed by atoms with E-state index in [1.807, 2.05) is 5.32 Å². The smallest absolute Gasteiger partial charge is 0.394 e. The van der Waals surface area contributed by atoms with Crippen LogP contribution in [0.5, 0.6) is 0 Å². The lowest BCUT2D eigenvalue weighted by Crippen LogP contribution is -2.57. The molecule has 1 aromatic rings. The van der Waals surface area contributed by atoms with E-state index in [-0.39, 0.29) is 30.1 Å². The molecule has 2 aliphatic heterocycles. The van der Waals surface area contributed by atoms with E-state index < -0.39 is 58.9 Å². The minimum absolute atomic E-state index is 0.0107. The van der Waals surface area contributed by atoms with Crippen molar-refractivity contribution < 1.29 is 47.3 Å². The monoisotopic (exact) mass is 475 g/mol. The Kier molecular flexibility index (Phi) is 6.13. The summed E-state index contributed by atoms with van der Waals surface area (Å²) in [5.41, 5.74) is 0.0338. The summed E-state index contributed by atoms with van der Waals surface area (Å²) in [6, 6.07) is 0. The van der Waals surface area contributed by atoms with Gasteiger partial charge in [0.2, 0.25) is 21.8 Å². The number of carbonyl (C=O) groups is 5. The SMILES string of the molecule is CS(=O)(=O)N1CC(=O)N(CC2Cc3c(sc(NC(=O)C(=O)O)c3C(=O)O)CO2)C(=O)C1. The summed E-state index contributed by atoms with van der Waals surface area (Å²) in [4.78, 5) is 59.8. The maximum Gasteiger partial charge on any atom is 0.394 e. The third kappa shape index (κ3) is 4.73. The minimum atomic E-state index is -3.72. The van der Waals surface area contributed by atoms with Crippen LogP contribution in [0, 0.1) is 0 Å². The summed E-state index contributed by atoms with van der Waals surface area (Å²) < 4.78 is 29.5. The Labute approximate surface area is 179 Å². The summed E-state index contributed by atoms with van der Waals surface area (Å²) in [7, 11) is -3.72. The summed E-state index contributed by atoms with van der Waals surface area (Å²) in [6.07, 6.45) is 0.115. The standard InChI is InChI=1S/C16H17N3O10S2/c1-31(27,28)18-4-10(20)19(11(21)5-18)3-7-2-8-9(6-29-7)30-14(12(8)15(23)24)17-13(22)16(25)26/h7H,2-6H2,1H3,(H,17,22)(H,23,24)(H,25,26). The molecule has 3 amide bonds. The van der Waals surface area contributed by atoms with Gasteiger partial charge in [-0.2, -0.15) is 4.31 Å². The van der Waals surface area contributed by atoms with Gasteiger partial charge in [-0.05, 0) is 5.56 Å². The second kappa shape index (κ2) is 8.33. The molecule has 1 fully saturated rings. The predicted molar refractivity (Wildman–Crippen MR) is 103 cm³/mol. The first-order valence-electron chi connectivity index (χ1n) is 8.70. The molecule has 2 aliphatic rings. The van der Waals surface area contributed by atoms with Crippen molar-refractivity contribution in [3.63, 3.8) is 0 Å². The number of carboxylic acids is 2. The van der Waals surface area contributed by atoms with Gasteiger partial charge in [-0.25, -0.2) is 18.0 Å². The average Bonchev–Trinajstić information content (AvgIpc) is 3.00. The molecule has 0 radical (unpaired) electrons. The number of aromatic carboxylic acids is 1. The highest BCUT2D eigenvalue weighted by Crippen LogP contribution is 2.38. The van der Waals surface area contributed by atoms with Gasteiger partial charge in [-0.1, -0.05) is 0 Å². The molecule has 168 valence electrons. The molecule has 13 nitrogen and oxygen atoms in total. The number of rotatable bonds is 5. The van der Waals surface area contributed by atoms with Crippen molar-refractivity contribution in [1.82, 2.24) is 9.21 Å². The highest BCUT2D eigenvalue weighted by atomic mass is 32.2. The minimum Gasteiger partial charge on any atom is -0.478 e. The van der Waals surface area contributed by atoms with E-state index in [0.717, 1.165) is 26.8 Å². The number of anilines is 1. The Morgan fingerprint density at radius 3 is 2.32 bits per heavy atom. The Balaban J connectivity index is 1.78. The quantitative estimate of drug-likeness (QED) is 0.335. The van der Waals surface area contributed by atoms with E-state index in [2.05, 4.69) is 0 Å². The highest BCUT2D eigenvalue weighted by Gasteiger charge is 2.38. The first-order chi connectivity index (χ1) is 14.4. The molecular formula is C16H17N3O10S2. The number of amides is 3. The number of nitrogens with one attached hydrogen (secondary N) is 1. The van der Waals surface area contributed by atoms with Crippen molar-refractivity contribution >= 4 is 56.0 Å². The van der Waals surface area contributed by atoms with Gasteiger partial charge >= 0.3 is 17.8 Å². The topological polar surface area (TPSA) is 188 Å². The Morgan fingerprint density at radius 1 is 1.19 bits per heavy atom. The van der Waals surface area contributed by atoms with Crippen LogP contribution in [0.4, 0.5) is 5.00 Å². The number of thiophene rings is 1. The van der Waals surface area contributed by atoms with E-state index in [0.29, 0.717) is 10.4 Å². The molecule has 31 heavy (non-hydrogen) atoms. The van der Waals surface area contributed by atoms with Gasteiger partial charge in [-0.15, -0.1) is 11.3 Å². The number of carboxylic acid groups (broad SMARTS) is 2. The Hall–Kier alpha value is -2.88. The van der Waals surface area contributed by atoms with Crippen LogP contribution in [0.25, 0.3) is 0 Å². The number of fused-ring (bicyclic) bond motifs is 1. The third-order valence-corrected chi connectivity index (χ3v) is 7.01. The number of carbonyl (C=O) groups excluding carboxylic acids is 3. The molecule has 15 heteroatoms. The Bertz CT molecular complexity index is 1080. The van der Waals surface area contributed by atoms with Gasteiger partial charge in [0.25, 0.3) is 0 Å². The van der Waals surface area contributed by atoms with Gasteiger partial charge in [0, 0.05) is 11.3 Å². The second-order valence-electron chi connectivity index (χ2n) is 6.84. The van der Waals surface area contributed by atoms with Crippen molar-refractivity contribution in [3.05, 3.63) is 16.0 Å². The number of aliphatic carboxylic acids is 1. The van der Waals surface area contributed by atoms with E-state index in [1.165, 1.54) is 0 Å². The van der Waals surface area contributed by atoms with Crippen molar-refractivity contribution in [2.45, 2.75) is 19.1 Å². The normalized spacial score (nSPS) is 19.8. The van der Waals surface area contributed by atoms with Crippen LogP contribution in [-0.4, -0.2) is 89.5 Å². The molecule has 3 N–H and O–H groups in total. The summed E-state index contributed by atoms with van der Waals surface area (Å²) in [5, 5.41) is 20.2. The van der Waals surface area contributed by atoms with Crippen molar-refractivity contribution in [1.29, 1.82) is 0 Å². The first kappa shape index (κ1) is 22.8. The molecule has 0 aliphatic carbocycles. The van der Waals surface area contributed by atoms with Crippen LogP contribution in [0.1, 0.15) is 20.8 Å². The van der Waals surface area contributed by atoms with Crippen LogP contribution < -0.4 is 5.32 Å². The van der Waals surface area contributed by atoms with E-state index >= 15 is 0 Å². The lowest BCUT2D eigenvalue weighted by atomic mass is 10.0. The lowest BCUT2D eigenvalue weighted by molar-refractivity contribution is -0.151. The molecule has 1 aromatic heterocycles. The number of hydrogen-bond acceptors (Lipinski definition) is 9. The average molecular weight is 475 g/mol. The first-order valence-corrected chi connectivity index (χ1v) is 11.4. The van der Waals surface area contributed by atoms with Gasteiger partial charge in [0.1, 0.15) is 5.00 Å². The zero-order chi connectivity index (χ0) is 23.1. The predicted octanol–water partition coefficient (Wildman–Crippen LogP) is -1.46. The van der Waals surface area contributed by atoms with Crippen LogP contribution >= 0.6 is 11.3 Å². The largest absolute Gasteiger partial charge is 0.478 e. The fourth-order valence-electron chi connectivity index (χ4n) is 3.22. The van der Waals surface area contributed by atoms with Crippen molar-refractivity contribution in [2.75, 3.05) is 31.2 Å². The van der Waals surface area contributed by atoms with Gasteiger partial charge in [-0.3, -0.25) is 19.3 Å². The summed E-state index contributed by atoms with van der Waals surface area (Å²) in [6.45, 7) is -1.26. The summed E-state index contributed by atoms with van der Waals surface area (Å²) >= 11 is 0.866. The van der Waals surface area contributed by atoms with Gasteiger partial charge in [0.05, 0.1) is 44.2 Å². The van der Waals surface area contributed by atoms with Crippen molar-refractivity contribution in [3.8, 4) is 0 Å². The van der Waals surface area contributed by atoms with E-state index in [9.17, 15) is 37.5 Å². The zero-order valence-electron chi connectivity index (χ0n) is 16.0. The third-order valence-electron chi connectivity index (χ3n) is 4.69. The van der Waals surface area contributed by atoms with Gasteiger partial charge in [0.15, 0.2) is 0 Å². The van der Waals surface area contributed by atoms with Crippen LogP contribution in [0.3, 0.4) is 0 Å². The molecule has 0 saturated carbocycles. The van der Waals surface area contributed by atoms with Crippen molar-refractivity contribution in [2.24, 2.45) is 0 Å². The van der Waals surface area contributed by atoms with Crippen LogP contribution in [0.2, 0.25) is 0 Å². The number of piperazine rings is 1. The molecule has 0 spiro atoms. The zero-order valence-corrected chi connectivity index (χ0v) is 17.6. The number of nitrogens with zero attached hydrogens (tertiary/aromatic N) is 2. The second-order valence-corrected chi connectivity index (χ2v) is 9.93. The number of sulfonamides is 1. The molecule has 0 aromatic carbocycles. The lowest BCUT2D eigenvalue weighted by Gasteiger charge is -2.34. The molecule has 0 bridgehead atoms. The molecular weight excluding hydrogens is 458 g/mol. The molecule has 1 saturated heterocycles. The molecule has 3 rings (SSSR count). The fourth-order valence-corrected chi connectivity index (χ4v) is 5.05. The summed E-state index contributed by atoms with van der Waals surface area (Å²) in [5.74, 6) is -6.00. The maximum absolute atomic E-state index is 12.3. The maximum atomic E-state index is 12.3. The molecule has 1 unspecified atom stereocenters. The number of ether oxygens (including phenoxy) is 1. The fraction of sp³-hybridized carbons (Fsp3) is 0.438. The van der Waals surface area contributed by atoms with E-state index in [1.54, 1.807) is 0 Å².